The van der Waals surface area contributed by atoms with Crippen LogP contribution in [-0.2, 0) is 19.9 Å². The molecule has 106 valence electrons. The molecule has 2 aliphatic rings. The Morgan fingerprint density at radius 2 is 1.78 bits per heavy atom. The predicted molar refractivity (Wildman–Crippen MR) is 67.4 cm³/mol. The molecule has 0 unspecified atom stereocenters. The molecule has 0 atom stereocenters. The van der Waals surface area contributed by atoms with E-state index in [9.17, 15) is 21.9 Å². The van der Waals surface area contributed by atoms with Crippen LogP contribution in [0.2, 0.25) is 0 Å². The first-order valence-electron chi connectivity index (χ1n) is 6.13. The molecule has 18 heavy (non-hydrogen) atoms. The predicted octanol–water partition coefficient (Wildman–Crippen LogP) is -0.602. The summed E-state index contributed by atoms with van der Waals surface area (Å²) in [5.41, 5.74) is -0.699. The number of sulfone groups is 1. The van der Waals surface area contributed by atoms with Crippen LogP contribution >= 0.6 is 0 Å². The van der Waals surface area contributed by atoms with Crippen LogP contribution in [0.1, 0.15) is 32.1 Å². The molecule has 0 bridgehead atoms. The van der Waals surface area contributed by atoms with Crippen LogP contribution < -0.4 is 4.72 Å². The average molecular weight is 297 g/mol. The number of sulfonamides is 1. The van der Waals surface area contributed by atoms with Crippen molar-refractivity contribution in [2.45, 2.75) is 42.9 Å². The smallest absolute Gasteiger partial charge is 0.215 e. The molecular weight excluding hydrogens is 278 g/mol. The summed E-state index contributed by atoms with van der Waals surface area (Å²) in [6, 6.07) is 0. The second-order valence-electron chi connectivity index (χ2n) is 5.29. The Balaban J connectivity index is 2.04. The molecule has 1 saturated heterocycles. The second kappa shape index (κ2) is 4.73. The van der Waals surface area contributed by atoms with Gasteiger partial charge in [-0.05, 0) is 32.1 Å². The van der Waals surface area contributed by atoms with E-state index in [2.05, 4.69) is 4.72 Å². The van der Waals surface area contributed by atoms with Gasteiger partial charge in [0.2, 0.25) is 10.0 Å². The first-order chi connectivity index (χ1) is 8.29. The van der Waals surface area contributed by atoms with Gasteiger partial charge in [-0.1, -0.05) is 0 Å². The van der Waals surface area contributed by atoms with Gasteiger partial charge in [0.1, 0.15) is 9.84 Å². The molecule has 2 fully saturated rings. The van der Waals surface area contributed by atoms with Gasteiger partial charge in [0.25, 0.3) is 0 Å². The Bertz CT molecular complexity index is 487. The van der Waals surface area contributed by atoms with E-state index in [0.717, 1.165) is 6.42 Å². The van der Waals surface area contributed by atoms with Crippen LogP contribution in [0.3, 0.4) is 0 Å². The number of aliphatic hydroxyl groups is 1. The molecule has 1 saturated carbocycles. The zero-order valence-corrected chi connectivity index (χ0v) is 11.8. The number of aliphatic hydroxyl groups excluding tert-OH is 1. The van der Waals surface area contributed by atoms with Gasteiger partial charge in [0.05, 0.1) is 28.9 Å². The molecule has 2 rings (SSSR count). The van der Waals surface area contributed by atoms with Gasteiger partial charge in [-0.2, -0.15) is 0 Å². The lowest BCUT2D eigenvalue weighted by Crippen LogP contribution is -2.58. The van der Waals surface area contributed by atoms with E-state index >= 15 is 0 Å². The topological polar surface area (TPSA) is 101 Å². The van der Waals surface area contributed by atoms with Crippen LogP contribution in [0, 0.1) is 0 Å². The molecule has 1 aliphatic heterocycles. The molecule has 1 heterocycles. The van der Waals surface area contributed by atoms with Gasteiger partial charge in [-0.15, -0.1) is 0 Å². The van der Waals surface area contributed by atoms with Gasteiger partial charge in [-0.3, -0.25) is 0 Å². The lowest BCUT2D eigenvalue weighted by Gasteiger charge is -2.41. The Kier molecular flexibility index (Phi) is 3.74. The highest BCUT2D eigenvalue weighted by Gasteiger charge is 2.43. The van der Waals surface area contributed by atoms with Crippen molar-refractivity contribution < 1.29 is 21.9 Å². The Morgan fingerprint density at radius 3 is 2.17 bits per heavy atom. The Hall–Kier alpha value is -0.180. The molecule has 0 aromatic heterocycles. The molecule has 2 N–H and O–H groups in total. The third-order valence-electron chi connectivity index (χ3n) is 3.91. The number of nitrogens with one attached hydrogen (secondary N) is 1. The molecule has 1 aliphatic carbocycles. The molecule has 0 aromatic rings. The molecule has 6 nitrogen and oxygen atoms in total. The summed E-state index contributed by atoms with van der Waals surface area (Å²) in [4.78, 5) is 0. The van der Waals surface area contributed by atoms with Gasteiger partial charge < -0.3 is 5.11 Å². The van der Waals surface area contributed by atoms with E-state index in [1.165, 1.54) is 0 Å². The number of rotatable bonds is 4. The van der Waals surface area contributed by atoms with Crippen molar-refractivity contribution in [3.05, 3.63) is 0 Å². The summed E-state index contributed by atoms with van der Waals surface area (Å²) in [7, 11) is -6.60. The lowest BCUT2D eigenvalue weighted by molar-refractivity contribution is 0.110. The SMILES string of the molecule is O=S1(=O)CCC(S(=O)(=O)NC2(CO)CCC2)CC1. The van der Waals surface area contributed by atoms with Crippen molar-refractivity contribution in [1.82, 2.24) is 4.72 Å². The minimum atomic E-state index is -3.54. The van der Waals surface area contributed by atoms with Crippen molar-refractivity contribution in [3.8, 4) is 0 Å². The van der Waals surface area contributed by atoms with Crippen molar-refractivity contribution in [2.75, 3.05) is 18.1 Å². The van der Waals surface area contributed by atoms with E-state index < -0.39 is 30.6 Å². The third-order valence-corrected chi connectivity index (χ3v) is 7.69. The summed E-state index contributed by atoms with van der Waals surface area (Å²) in [5.74, 6) is -0.130. The average Bonchev–Trinajstić information content (AvgIpc) is 2.23. The third kappa shape index (κ3) is 2.87. The van der Waals surface area contributed by atoms with Crippen molar-refractivity contribution >= 4 is 19.9 Å². The summed E-state index contributed by atoms with van der Waals surface area (Å²) >= 11 is 0. The Labute approximate surface area is 108 Å². The molecule has 0 amide bonds. The van der Waals surface area contributed by atoms with Crippen molar-refractivity contribution in [2.24, 2.45) is 0 Å². The quantitative estimate of drug-likeness (QED) is 0.721. The van der Waals surface area contributed by atoms with Gasteiger partial charge >= 0.3 is 0 Å². The summed E-state index contributed by atoms with van der Waals surface area (Å²) < 4.78 is 49.4. The first kappa shape index (κ1) is 14.2. The highest BCUT2D eigenvalue weighted by Crippen LogP contribution is 2.33. The zero-order valence-electron chi connectivity index (χ0n) is 10.1. The summed E-state index contributed by atoms with van der Waals surface area (Å²) in [6.45, 7) is -0.197. The lowest BCUT2D eigenvalue weighted by atomic mass is 9.78. The van der Waals surface area contributed by atoms with Crippen molar-refractivity contribution in [3.63, 3.8) is 0 Å². The molecule has 0 spiro atoms. The van der Waals surface area contributed by atoms with Gasteiger partial charge in [0, 0.05) is 0 Å². The molecule has 0 radical (unpaired) electrons. The highest BCUT2D eigenvalue weighted by molar-refractivity contribution is 7.92. The maximum absolute atomic E-state index is 12.1. The second-order valence-corrected chi connectivity index (χ2v) is 9.55. The van der Waals surface area contributed by atoms with E-state index in [1.54, 1.807) is 0 Å². The molecule has 8 heteroatoms. The maximum Gasteiger partial charge on any atom is 0.215 e. The van der Waals surface area contributed by atoms with Crippen LogP contribution in [0.4, 0.5) is 0 Å². The van der Waals surface area contributed by atoms with E-state index in [-0.39, 0.29) is 31.0 Å². The Morgan fingerprint density at radius 1 is 1.22 bits per heavy atom. The molecular formula is C10H19NO5S2. The van der Waals surface area contributed by atoms with Crippen LogP contribution in [-0.4, -0.2) is 50.8 Å². The first-order valence-corrected chi connectivity index (χ1v) is 9.49. The maximum atomic E-state index is 12.1. The van der Waals surface area contributed by atoms with E-state index in [4.69, 9.17) is 0 Å². The summed E-state index contributed by atoms with van der Waals surface area (Å²) in [5, 5.41) is 8.61. The largest absolute Gasteiger partial charge is 0.394 e. The zero-order chi connectivity index (χ0) is 13.4. The van der Waals surface area contributed by atoms with Gasteiger partial charge in [-0.25, -0.2) is 21.6 Å². The van der Waals surface area contributed by atoms with Gasteiger partial charge in [0.15, 0.2) is 0 Å². The minimum absolute atomic E-state index is 0.0648. The normalized spacial score (nSPS) is 27.6. The van der Waals surface area contributed by atoms with Crippen molar-refractivity contribution in [1.29, 1.82) is 0 Å². The van der Waals surface area contributed by atoms with E-state index in [1.807, 2.05) is 0 Å². The number of hydrogen-bond donors (Lipinski definition) is 2. The fourth-order valence-electron chi connectivity index (χ4n) is 2.46. The fourth-order valence-corrected chi connectivity index (χ4v) is 6.14. The number of hydrogen-bond acceptors (Lipinski definition) is 5. The highest BCUT2D eigenvalue weighted by atomic mass is 32.2. The van der Waals surface area contributed by atoms with Crippen LogP contribution in [0.25, 0.3) is 0 Å². The standard InChI is InChI=1S/C10H19NO5S2/c12-8-10(4-1-5-10)11-18(15,16)9-2-6-17(13,14)7-3-9/h9,11-12H,1-8H2. The summed E-state index contributed by atoms with van der Waals surface area (Å²) in [6.07, 6.45) is 2.50. The van der Waals surface area contributed by atoms with E-state index in [0.29, 0.717) is 12.8 Å². The molecule has 0 aromatic carbocycles. The fraction of sp³-hybridized carbons (Fsp3) is 1.00. The minimum Gasteiger partial charge on any atom is -0.394 e. The van der Waals surface area contributed by atoms with Crippen LogP contribution in [0.15, 0.2) is 0 Å². The monoisotopic (exact) mass is 297 g/mol. The van der Waals surface area contributed by atoms with Crippen LogP contribution in [0.5, 0.6) is 0 Å².